The fraction of sp³-hybridized carbons (Fsp3) is 0.517. The molecule has 1 aliphatic rings. The summed E-state index contributed by atoms with van der Waals surface area (Å²) in [6, 6.07) is 13.1. The van der Waals surface area contributed by atoms with Gasteiger partial charge in [-0.2, -0.15) is 0 Å². The number of hydrogen-bond donors (Lipinski definition) is 1. The molecule has 0 radical (unpaired) electrons. The van der Waals surface area contributed by atoms with Crippen molar-refractivity contribution in [3.63, 3.8) is 0 Å². The molecule has 1 amide bonds. The molecule has 0 saturated carbocycles. The van der Waals surface area contributed by atoms with Crippen molar-refractivity contribution in [1.82, 2.24) is 4.90 Å². The molecule has 0 heterocycles. The molecular weight excluding hydrogens is 474 g/mol. The molecule has 0 fully saturated rings. The van der Waals surface area contributed by atoms with Crippen LogP contribution < -0.4 is 9.47 Å². The van der Waals surface area contributed by atoms with Crippen LogP contribution in [0.4, 0.5) is 4.79 Å². The quantitative estimate of drug-likeness (QED) is 0.319. The maximum atomic E-state index is 13.0. The molecule has 0 bridgehead atoms. The van der Waals surface area contributed by atoms with E-state index in [0.717, 1.165) is 37.7 Å². The lowest BCUT2D eigenvalue weighted by Gasteiger charge is -2.22. The topological polar surface area (TPSA) is 94.5 Å². The standard InChI is InChI=1S/C29H39NO7/c1-3-5-17-34-18-15-30(29(33)37-26-14-11-23-7-6-8-24(23)21-26)16-19-36-25-12-9-22(10-13-25)20-27(28(31)32)35-4-2/h9-14,21,27H,3-8,15-20H2,1-2H3,(H,31,32). The second kappa shape index (κ2) is 15.2. The average Bonchev–Trinajstić information content (AvgIpc) is 3.36. The molecule has 1 atom stereocenters. The van der Waals surface area contributed by atoms with E-state index in [4.69, 9.17) is 18.9 Å². The number of amides is 1. The van der Waals surface area contributed by atoms with Crippen LogP contribution in [0.5, 0.6) is 11.5 Å². The molecule has 8 nitrogen and oxygen atoms in total. The second-order valence-corrected chi connectivity index (χ2v) is 9.08. The van der Waals surface area contributed by atoms with Gasteiger partial charge in [-0.05, 0) is 73.6 Å². The van der Waals surface area contributed by atoms with E-state index in [1.807, 2.05) is 30.3 Å². The van der Waals surface area contributed by atoms with Gasteiger partial charge in [0.2, 0.25) is 0 Å². The molecule has 2 aromatic rings. The van der Waals surface area contributed by atoms with Crippen LogP contribution in [0.1, 0.15) is 49.8 Å². The Hall–Kier alpha value is -3.10. The van der Waals surface area contributed by atoms with Crippen LogP contribution in [-0.2, 0) is 33.5 Å². The number of carbonyl (C=O) groups excluding carboxylic acids is 1. The Morgan fingerprint density at radius 3 is 2.41 bits per heavy atom. The number of carboxylic acids is 1. The monoisotopic (exact) mass is 513 g/mol. The third kappa shape index (κ3) is 9.37. The molecule has 3 rings (SSSR count). The summed E-state index contributed by atoms with van der Waals surface area (Å²) in [7, 11) is 0. The fourth-order valence-corrected chi connectivity index (χ4v) is 4.22. The first-order valence-corrected chi connectivity index (χ1v) is 13.2. The van der Waals surface area contributed by atoms with E-state index in [1.165, 1.54) is 11.1 Å². The third-order valence-corrected chi connectivity index (χ3v) is 6.30. The molecular formula is C29H39NO7. The van der Waals surface area contributed by atoms with Crippen molar-refractivity contribution in [3.05, 3.63) is 59.2 Å². The van der Waals surface area contributed by atoms with Crippen molar-refractivity contribution in [1.29, 1.82) is 0 Å². The van der Waals surface area contributed by atoms with Gasteiger partial charge in [-0.3, -0.25) is 0 Å². The van der Waals surface area contributed by atoms with Gasteiger partial charge in [0.1, 0.15) is 18.1 Å². The smallest absolute Gasteiger partial charge is 0.415 e. The van der Waals surface area contributed by atoms with Crippen molar-refractivity contribution in [2.24, 2.45) is 0 Å². The van der Waals surface area contributed by atoms with Crippen LogP contribution in [0.15, 0.2) is 42.5 Å². The van der Waals surface area contributed by atoms with Gasteiger partial charge < -0.3 is 29.0 Å². The molecule has 0 spiro atoms. The highest BCUT2D eigenvalue weighted by molar-refractivity contribution is 5.72. The van der Waals surface area contributed by atoms with Gasteiger partial charge in [-0.1, -0.05) is 31.5 Å². The van der Waals surface area contributed by atoms with E-state index >= 15 is 0 Å². The largest absolute Gasteiger partial charge is 0.492 e. The number of aryl methyl sites for hydroxylation is 2. The van der Waals surface area contributed by atoms with Crippen LogP contribution in [0.3, 0.4) is 0 Å². The first-order chi connectivity index (χ1) is 18.0. The number of carboxylic acid groups (broad SMARTS) is 1. The van der Waals surface area contributed by atoms with E-state index in [-0.39, 0.29) is 13.0 Å². The van der Waals surface area contributed by atoms with Crippen molar-refractivity contribution < 1.29 is 33.6 Å². The predicted molar refractivity (Wildman–Crippen MR) is 140 cm³/mol. The van der Waals surface area contributed by atoms with E-state index in [0.29, 0.717) is 44.4 Å². The minimum Gasteiger partial charge on any atom is -0.492 e. The summed E-state index contributed by atoms with van der Waals surface area (Å²) < 4.78 is 22.5. The van der Waals surface area contributed by atoms with E-state index < -0.39 is 18.2 Å². The number of benzene rings is 2. The number of fused-ring (bicyclic) bond motifs is 1. The summed E-state index contributed by atoms with van der Waals surface area (Å²) in [4.78, 5) is 25.9. The highest BCUT2D eigenvalue weighted by Crippen LogP contribution is 2.26. The number of aliphatic carboxylic acids is 1. The molecule has 1 unspecified atom stereocenters. The van der Waals surface area contributed by atoms with Gasteiger partial charge in [0.25, 0.3) is 0 Å². The summed E-state index contributed by atoms with van der Waals surface area (Å²) in [5.41, 5.74) is 3.43. The average molecular weight is 514 g/mol. The highest BCUT2D eigenvalue weighted by atomic mass is 16.6. The summed E-state index contributed by atoms with van der Waals surface area (Å²) >= 11 is 0. The number of carbonyl (C=O) groups is 2. The molecule has 2 aromatic carbocycles. The molecule has 202 valence electrons. The number of ether oxygens (including phenoxy) is 4. The molecule has 0 aromatic heterocycles. The highest BCUT2D eigenvalue weighted by Gasteiger charge is 2.19. The molecule has 1 N–H and O–H groups in total. The van der Waals surface area contributed by atoms with Gasteiger partial charge in [-0.15, -0.1) is 0 Å². The minimum absolute atomic E-state index is 0.282. The minimum atomic E-state index is -0.979. The van der Waals surface area contributed by atoms with Crippen molar-refractivity contribution in [2.75, 3.05) is 39.5 Å². The lowest BCUT2D eigenvalue weighted by Crippen LogP contribution is -2.39. The van der Waals surface area contributed by atoms with E-state index in [2.05, 4.69) is 6.92 Å². The second-order valence-electron chi connectivity index (χ2n) is 9.08. The Morgan fingerprint density at radius 1 is 0.946 bits per heavy atom. The normalized spacial score (nSPS) is 13.1. The maximum absolute atomic E-state index is 13.0. The summed E-state index contributed by atoms with van der Waals surface area (Å²) in [6.07, 6.45) is 4.26. The zero-order valence-electron chi connectivity index (χ0n) is 21.9. The van der Waals surface area contributed by atoms with Crippen LogP contribution in [0.2, 0.25) is 0 Å². The van der Waals surface area contributed by atoms with Gasteiger partial charge in [0, 0.05) is 26.2 Å². The SMILES string of the molecule is CCCCOCCN(CCOc1ccc(CC(OCC)C(=O)O)cc1)C(=O)Oc1ccc2c(c1)CCC2. The molecule has 0 saturated heterocycles. The summed E-state index contributed by atoms with van der Waals surface area (Å²) in [5, 5.41) is 9.27. The van der Waals surface area contributed by atoms with Gasteiger partial charge >= 0.3 is 12.1 Å². The first kappa shape index (κ1) is 28.5. The number of hydrogen-bond acceptors (Lipinski definition) is 6. The first-order valence-electron chi connectivity index (χ1n) is 13.2. The van der Waals surface area contributed by atoms with Crippen molar-refractivity contribution in [2.45, 2.75) is 58.5 Å². The Morgan fingerprint density at radius 2 is 1.68 bits per heavy atom. The van der Waals surface area contributed by atoms with Crippen LogP contribution in [0.25, 0.3) is 0 Å². The van der Waals surface area contributed by atoms with E-state index in [9.17, 15) is 14.7 Å². The zero-order chi connectivity index (χ0) is 26.5. The fourth-order valence-electron chi connectivity index (χ4n) is 4.22. The Labute approximate surface area is 219 Å². The van der Waals surface area contributed by atoms with Crippen LogP contribution in [-0.4, -0.2) is 67.7 Å². The number of unbranched alkanes of at least 4 members (excludes halogenated alkanes) is 1. The molecule has 1 aliphatic carbocycles. The molecule has 0 aliphatic heterocycles. The summed E-state index contributed by atoms with van der Waals surface area (Å²) in [5.74, 6) is 0.219. The summed E-state index contributed by atoms with van der Waals surface area (Å²) in [6.45, 7) is 6.35. The Bertz CT molecular complexity index is 992. The molecule has 8 heteroatoms. The maximum Gasteiger partial charge on any atom is 0.415 e. The van der Waals surface area contributed by atoms with Gasteiger partial charge in [0.15, 0.2) is 6.10 Å². The Kier molecular flexibility index (Phi) is 11.7. The Balaban J connectivity index is 1.53. The number of nitrogens with zero attached hydrogens (tertiary/aromatic N) is 1. The van der Waals surface area contributed by atoms with E-state index in [1.54, 1.807) is 24.0 Å². The predicted octanol–water partition coefficient (Wildman–Crippen LogP) is 4.90. The van der Waals surface area contributed by atoms with Crippen LogP contribution in [0, 0.1) is 0 Å². The van der Waals surface area contributed by atoms with Crippen molar-refractivity contribution >= 4 is 12.1 Å². The number of rotatable bonds is 16. The lowest BCUT2D eigenvalue weighted by atomic mass is 10.1. The third-order valence-electron chi connectivity index (χ3n) is 6.30. The van der Waals surface area contributed by atoms with Gasteiger partial charge in [0.05, 0.1) is 13.2 Å². The van der Waals surface area contributed by atoms with Crippen LogP contribution >= 0.6 is 0 Å². The molecule has 37 heavy (non-hydrogen) atoms. The van der Waals surface area contributed by atoms with Crippen molar-refractivity contribution in [3.8, 4) is 11.5 Å². The lowest BCUT2D eigenvalue weighted by molar-refractivity contribution is -0.149. The zero-order valence-corrected chi connectivity index (χ0v) is 21.9. The van der Waals surface area contributed by atoms with Gasteiger partial charge in [-0.25, -0.2) is 9.59 Å².